The van der Waals surface area contributed by atoms with Crippen LogP contribution in [0, 0.1) is 11.8 Å². The number of nitrogens with two attached hydrogens (primary N) is 1. The zero-order chi connectivity index (χ0) is 17.5. The molecule has 4 unspecified atom stereocenters. The molecule has 24 heavy (non-hydrogen) atoms. The van der Waals surface area contributed by atoms with E-state index in [1.165, 1.54) is 0 Å². The van der Waals surface area contributed by atoms with E-state index in [1.54, 1.807) is 0 Å². The third-order valence-electron chi connectivity index (χ3n) is 4.37. The molecule has 5 nitrogen and oxygen atoms in total. The second kappa shape index (κ2) is 9.04. The van der Waals surface area contributed by atoms with Crippen molar-refractivity contribution in [2.75, 3.05) is 13.2 Å². The van der Waals surface area contributed by atoms with Crippen LogP contribution in [0.5, 0.6) is 5.75 Å². The average Bonchev–Trinajstić information content (AvgIpc) is 2.58. The number of carbonyl (C=O) groups is 1. The molecule has 0 amide bonds. The van der Waals surface area contributed by atoms with E-state index in [-0.39, 0.29) is 24.7 Å². The first kappa shape index (κ1) is 18.7. The third-order valence-corrected chi connectivity index (χ3v) is 4.37. The molecule has 1 fully saturated rings. The van der Waals surface area contributed by atoms with Gasteiger partial charge in [-0.15, -0.1) is 0 Å². The Labute approximate surface area is 144 Å². The van der Waals surface area contributed by atoms with Crippen molar-refractivity contribution >= 4 is 5.97 Å². The molecule has 1 aliphatic rings. The predicted molar refractivity (Wildman–Crippen MR) is 92.8 cm³/mol. The highest BCUT2D eigenvalue weighted by Gasteiger charge is 2.34. The molecule has 1 aromatic carbocycles. The minimum atomic E-state index is -0.742. The minimum absolute atomic E-state index is 0.0573. The lowest BCUT2D eigenvalue weighted by molar-refractivity contribution is -0.153. The summed E-state index contributed by atoms with van der Waals surface area (Å²) in [6.07, 6.45) is 1.49. The Morgan fingerprint density at radius 1 is 1.25 bits per heavy atom. The lowest BCUT2D eigenvalue weighted by Gasteiger charge is -2.31. The van der Waals surface area contributed by atoms with Gasteiger partial charge in [-0.25, -0.2) is 0 Å². The Morgan fingerprint density at radius 2 is 1.96 bits per heavy atom. The van der Waals surface area contributed by atoms with Crippen molar-refractivity contribution < 1.29 is 19.0 Å². The van der Waals surface area contributed by atoms with Gasteiger partial charge in [-0.2, -0.15) is 0 Å². The van der Waals surface area contributed by atoms with Crippen molar-refractivity contribution in [3.8, 4) is 5.75 Å². The second-order valence-corrected chi connectivity index (χ2v) is 6.89. The van der Waals surface area contributed by atoms with Gasteiger partial charge in [0.2, 0.25) is 0 Å². The maximum atomic E-state index is 12.0. The number of cyclic esters (lactones) is 1. The number of para-hydroxylation sites is 1. The quantitative estimate of drug-likeness (QED) is 0.838. The van der Waals surface area contributed by atoms with E-state index in [2.05, 4.69) is 13.8 Å². The maximum absolute atomic E-state index is 12.0. The molecule has 5 heteroatoms. The van der Waals surface area contributed by atoms with Crippen LogP contribution in [0.2, 0.25) is 0 Å². The molecule has 0 spiro atoms. The summed E-state index contributed by atoms with van der Waals surface area (Å²) in [5, 5.41) is 0. The topological polar surface area (TPSA) is 70.8 Å². The zero-order valence-electron chi connectivity index (χ0n) is 14.8. The molecule has 0 aromatic heterocycles. The van der Waals surface area contributed by atoms with Crippen LogP contribution in [-0.4, -0.2) is 37.4 Å². The van der Waals surface area contributed by atoms with Gasteiger partial charge in [-0.05, 0) is 31.4 Å². The fourth-order valence-corrected chi connectivity index (χ4v) is 2.90. The molecule has 2 N–H and O–H groups in total. The summed E-state index contributed by atoms with van der Waals surface area (Å²) in [6, 6.07) is 8.94. The first-order valence-electron chi connectivity index (χ1n) is 8.73. The fraction of sp³-hybridized carbons (Fsp3) is 0.632. The SMILES string of the molecule is CC(C)CCC1C(C)OC(=O)C(N)COCC1Oc1ccccc1. The highest BCUT2D eigenvalue weighted by molar-refractivity contribution is 5.75. The normalized spacial score (nSPS) is 28.6. The summed E-state index contributed by atoms with van der Waals surface area (Å²) < 4.78 is 17.4. The number of ether oxygens (including phenoxy) is 3. The summed E-state index contributed by atoms with van der Waals surface area (Å²) in [6.45, 7) is 6.84. The first-order valence-corrected chi connectivity index (χ1v) is 8.73. The van der Waals surface area contributed by atoms with Gasteiger partial charge in [-0.1, -0.05) is 38.5 Å². The monoisotopic (exact) mass is 335 g/mol. The van der Waals surface area contributed by atoms with E-state index in [1.807, 2.05) is 37.3 Å². The molecule has 0 aliphatic carbocycles. The minimum Gasteiger partial charge on any atom is -0.488 e. The Bertz CT molecular complexity index is 505. The van der Waals surface area contributed by atoms with E-state index >= 15 is 0 Å². The molecule has 134 valence electrons. The number of rotatable bonds is 5. The number of hydrogen-bond acceptors (Lipinski definition) is 5. The summed E-state index contributed by atoms with van der Waals surface area (Å²) in [4.78, 5) is 12.0. The second-order valence-electron chi connectivity index (χ2n) is 6.89. The molecule has 0 saturated carbocycles. The number of carbonyl (C=O) groups excluding carboxylic acids is 1. The van der Waals surface area contributed by atoms with E-state index < -0.39 is 12.0 Å². The largest absolute Gasteiger partial charge is 0.488 e. The van der Waals surface area contributed by atoms with E-state index in [4.69, 9.17) is 19.9 Å². The van der Waals surface area contributed by atoms with Crippen LogP contribution >= 0.6 is 0 Å². The van der Waals surface area contributed by atoms with Crippen molar-refractivity contribution in [3.63, 3.8) is 0 Å². The molecule has 0 bridgehead atoms. The van der Waals surface area contributed by atoms with Gasteiger partial charge in [0.1, 0.15) is 24.0 Å². The smallest absolute Gasteiger partial charge is 0.325 e. The standard InChI is InChI=1S/C19H29NO4/c1-13(2)9-10-16-14(3)23-19(21)17(20)11-22-12-18(16)24-15-7-5-4-6-8-15/h4-8,13-14,16-18H,9-12,20H2,1-3H3. The molecule has 1 heterocycles. The molecule has 1 saturated heterocycles. The molecule has 4 atom stereocenters. The molecule has 1 aromatic rings. The average molecular weight is 335 g/mol. The molecule has 1 aliphatic heterocycles. The van der Waals surface area contributed by atoms with Crippen molar-refractivity contribution in [2.24, 2.45) is 17.6 Å². The third kappa shape index (κ3) is 5.49. The number of benzene rings is 1. The summed E-state index contributed by atoms with van der Waals surface area (Å²) in [7, 11) is 0. The van der Waals surface area contributed by atoms with Crippen LogP contribution in [0.15, 0.2) is 30.3 Å². The van der Waals surface area contributed by atoms with Crippen LogP contribution in [0.4, 0.5) is 0 Å². The molecular formula is C19H29NO4. The highest BCUT2D eigenvalue weighted by Crippen LogP contribution is 2.27. The summed E-state index contributed by atoms with van der Waals surface area (Å²) in [5.41, 5.74) is 5.80. The highest BCUT2D eigenvalue weighted by atomic mass is 16.6. The van der Waals surface area contributed by atoms with Gasteiger partial charge in [0, 0.05) is 5.92 Å². The van der Waals surface area contributed by atoms with Gasteiger partial charge in [0.15, 0.2) is 0 Å². The Hall–Kier alpha value is -1.59. The first-order chi connectivity index (χ1) is 11.5. The molecule has 0 radical (unpaired) electrons. The van der Waals surface area contributed by atoms with Crippen LogP contribution in [0.3, 0.4) is 0 Å². The van der Waals surface area contributed by atoms with Crippen molar-refractivity contribution in [1.82, 2.24) is 0 Å². The number of esters is 1. The van der Waals surface area contributed by atoms with Gasteiger partial charge in [0.05, 0.1) is 13.2 Å². The van der Waals surface area contributed by atoms with Crippen LogP contribution in [-0.2, 0) is 14.3 Å². The van der Waals surface area contributed by atoms with Gasteiger partial charge in [-0.3, -0.25) is 4.79 Å². The van der Waals surface area contributed by atoms with Crippen LogP contribution < -0.4 is 10.5 Å². The Morgan fingerprint density at radius 3 is 2.62 bits per heavy atom. The van der Waals surface area contributed by atoms with Crippen molar-refractivity contribution in [3.05, 3.63) is 30.3 Å². The Balaban J connectivity index is 2.17. The maximum Gasteiger partial charge on any atom is 0.325 e. The van der Waals surface area contributed by atoms with Crippen LogP contribution in [0.1, 0.15) is 33.6 Å². The zero-order valence-corrected chi connectivity index (χ0v) is 14.8. The van der Waals surface area contributed by atoms with E-state index in [0.29, 0.717) is 12.5 Å². The summed E-state index contributed by atoms with van der Waals surface area (Å²) >= 11 is 0. The van der Waals surface area contributed by atoms with Crippen LogP contribution in [0.25, 0.3) is 0 Å². The van der Waals surface area contributed by atoms with Crippen molar-refractivity contribution in [1.29, 1.82) is 0 Å². The van der Waals surface area contributed by atoms with Gasteiger partial charge < -0.3 is 19.9 Å². The molecular weight excluding hydrogens is 306 g/mol. The molecule has 2 rings (SSSR count). The lowest BCUT2D eigenvalue weighted by atomic mass is 9.89. The lowest BCUT2D eigenvalue weighted by Crippen LogP contribution is -2.40. The van der Waals surface area contributed by atoms with Gasteiger partial charge >= 0.3 is 5.97 Å². The number of hydrogen-bond donors (Lipinski definition) is 1. The van der Waals surface area contributed by atoms with E-state index in [9.17, 15) is 4.79 Å². The summed E-state index contributed by atoms with van der Waals surface area (Å²) in [5.74, 6) is 1.02. The predicted octanol–water partition coefficient (Wildman–Crippen LogP) is 2.78. The Kier molecular flexibility index (Phi) is 7.06. The van der Waals surface area contributed by atoms with E-state index in [0.717, 1.165) is 18.6 Å². The van der Waals surface area contributed by atoms with Gasteiger partial charge in [0.25, 0.3) is 0 Å². The van der Waals surface area contributed by atoms with Crippen molar-refractivity contribution in [2.45, 2.75) is 51.9 Å². The fourth-order valence-electron chi connectivity index (χ4n) is 2.90.